The van der Waals surface area contributed by atoms with E-state index in [2.05, 4.69) is 25.8 Å². The molecule has 0 heterocycles. The van der Waals surface area contributed by atoms with Gasteiger partial charge in [0.05, 0.1) is 6.04 Å². The molecular weight excluding hydrogens is 210 g/mol. The van der Waals surface area contributed by atoms with Gasteiger partial charge in [-0.2, -0.15) is 0 Å². The summed E-state index contributed by atoms with van der Waals surface area (Å²) in [7, 11) is 0. The van der Waals surface area contributed by atoms with Crippen LogP contribution in [0.1, 0.15) is 51.2 Å². The fourth-order valence-corrected chi connectivity index (χ4v) is 1.81. The van der Waals surface area contributed by atoms with Gasteiger partial charge in [-0.3, -0.25) is 4.99 Å². The maximum Gasteiger partial charge on any atom is 0.128 e. The van der Waals surface area contributed by atoms with Crippen LogP contribution in [0.15, 0.2) is 23.2 Å². The molecule has 1 fully saturated rings. The number of phenolic OH excluding ortho intramolecular Hbond substituents is 1. The summed E-state index contributed by atoms with van der Waals surface area (Å²) in [4.78, 5) is 4.43. The molecule has 0 radical (unpaired) electrons. The molecule has 2 nitrogen and oxygen atoms in total. The van der Waals surface area contributed by atoms with Crippen LogP contribution in [0.2, 0.25) is 0 Å². The Bertz CT molecular complexity index is 431. The zero-order chi connectivity index (χ0) is 12.5. The fourth-order valence-electron chi connectivity index (χ4n) is 1.81. The Hall–Kier alpha value is -1.31. The average molecular weight is 231 g/mol. The number of aliphatic imine (C=N–C) groups is 1. The van der Waals surface area contributed by atoms with E-state index in [9.17, 15) is 5.11 Å². The minimum absolute atomic E-state index is 0.00745. The number of para-hydroxylation sites is 1. The van der Waals surface area contributed by atoms with Gasteiger partial charge < -0.3 is 5.11 Å². The van der Waals surface area contributed by atoms with Crippen LogP contribution in [-0.4, -0.2) is 17.4 Å². The monoisotopic (exact) mass is 231 g/mol. The van der Waals surface area contributed by atoms with Gasteiger partial charge in [0.1, 0.15) is 5.75 Å². The molecule has 1 N–H and O–H groups in total. The van der Waals surface area contributed by atoms with Crippen LogP contribution in [-0.2, 0) is 5.41 Å². The Kier molecular flexibility index (Phi) is 3.23. The second-order valence-corrected chi connectivity index (χ2v) is 5.49. The number of aromatic hydroxyl groups is 1. The van der Waals surface area contributed by atoms with Crippen molar-refractivity contribution in [2.24, 2.45) is 4.99 Å². The van der Waals surface area contributed by atoms with Gasteiger partial charge in [0.15, 0.2) is 0 Å². The Balaban J connectivity index is 2.32. The lowest BCUT2D eigenvalue weighted by Gasteiger charge is -2.24. The highest BCUT2D eigenvalue weighted by molar-refractivity contribution is 5.84. The first-order chi connectivity index (χ1) is 8.04. The van der Waals surface area contributed by atoms with E-state index in [0.717, 1.165) is 17.5 Å². The molecule has 0 saturated heterocycles. The van der Waals surface area contributed by atoms with Crippen molar-refractivity contribution in [2.45, 2.75) is 51.5 Å². The Morgan fingerprint density at radius 2 is 2.12 bits per heavy atom. The molecule has 2 heteroatoms. The van der Waals surface area contributed by atoms with E-state index in [4.69, 9.17) is 0 Å². The molecule has 17 heavy (non-hydrogen) atoms. The lowest BCUT2D eigenvalue weighted by atomic mass is 9.81. The molecule has 1 aromatic carbocycles. The summed E-state index contributed by atoms with van der Waals surface area (Å²) >= 11 is 0. The van der Waals surface area contributed by atoms with E-state index in [-0.39, 0.29) is 5.41 Å². The quantitative estimate of drug-likeness (QED) is 0.788. The van der Waals surface area contributed by atoms with Crippen molar-refractivity contribution in [2.75, 3.05) is 0 Å². The minimum Gasteiger partial charge on any atom is -0.507 e. The smallest absolute Gasteiger partial charge is 0.128 e. The maximum atomic E-state index is 10.3. The molecule has 0 amide bonds. The number of rotatable bonds is 4. The third-order valence-corrected chi connectivity index (χ3v) is 3.65. The van der Waals surface area contributed by atoms with Crippen LogP contribution in [0, 0.1) is 0 Å². The predicted molar refractivity (Wildman–Crippen MR) is 72.0 cm³/mol. The Labute approximate surface area is 103 Å². The van der Waals surface area contributed by atoms with Crippen molar-refractivity contribution in [3.05, 3.63) is 29.3 Å². The highest BCUT2D eigenvalue weighted by Crippen LogP contribution is 2.35. The van der Waals surface area contributed by atoms with Gasteiger partial charge in [0.2, 0.25) is 0 Å². The van der Waals surface area contributed by atoms with Crippen LogP contribution >= 0.6 is 0 Å². The third-order valence-electron chi connectivity index (χ3n) is 3.65. The van der Waals surface area contributed by atoms with Crippen LogP contribution in [0.3, 0.4) is 0 Å². The maximum absolute atomic E-state index is 10.3. The summed E-state index contributed by atoms with van der Waals surface area (Å²) in [5, 5.41) is 10.3. The van der Waals surface area contributed by atoms with Crippen LogP contribution in [0.5, 0.6) is 5.75 Å². The van der Waals surface area contributed by atoms with Gasteiger partial charge in [-0.05, 0) is 30.7 Å². The lowest BCUT2D eigenvalue weighted by Crippen LogP contribution is -2.16. The highest BCUT2D eigenvalue weighted by Gasteiger charge is 2.23. The van der Waals surface area contributed by atoms with E-state index >= 15 is 0 Å². The fraction of sp³-hybridized carbons (Fsp3) is 0.533. The highest BCUT2D eigenvalue weighted by atomic mass is 16.3. The van der Waals surface area contributed by atoms with Gasteiger partial charge in [-0.1, -0.05) is 32.9 Å². The first-order valence-corrected chi connectivity index (χ1v) is 6.40. The summed E-state index contributed by atoms with van der Waals surface area (Å²) in [5.41, 5.74) is 1.86. The second-order valence-electron chi connectivity index (χ2n) is 5.49. The molecule has 0 spiro atoms. The topological polar surface area (TPSA) is 32.6 Å². The summed E-state index contributed by atoms with van der Waals surface area (Å²) < 4.78 is 0. The summed E-state index contributed by atoms with van der Waals surface area (Å²) in [5.74, 6) is 0.392. The van der Waals surface area contributed by atoms with Gasteiger partial charge in [-0.25, -0.2) is 0 Å². The first kappa shape index (κ1) is 12.2. The molecule has 1 aliphatic rings. The Morgan fingerprint density at radius 3 is 2.71 bits per heavy atom. The molecule has 0 unspecified atom stereocenters. The molecule has 0 bridgehead atoms. The normalized spacial score (nSPS) is 16.6. The SMILES string of the molecule is CCC(C)(C)c1cccc(C=NC2CC2)c1O. The zero-order valence-electron chi connectivity index (χ0n) is 10.9. The van der Waals surface area contributed by atoms with Crippen molar-refractivity contribution < 1.29 is 5.11 Å². The van der Waals surface area contributed by atoms with Crippen molar-refractivity contribution in [1.82, 2.24) is 0 Å². The molecule has 1 aliphatic carbocycles. The molecule has 0 atom stereocenters. The van der Waals surface area contributed by atoms with Crippen LogP contribution in [0.4, 0.5) is 0 Å². The van der Waals surface area contributed by atoms with E-state index < -0.39 is 0 Å². The van der Waals surface area contributed by atoms with E-state index in [1.807, 2.05) is 24.4 Å². The molecule has 1 aromatic rings. The van der Waals surface area contributed by atoms with Crippen molar-refractivity contribution in [1.29, 1.82) is 0 Å². The minimum atomic E-state index is 0.00745. The number of benzene rings is 1. The van der Waals surface area contributed by atoms with Gasteiger partial charge in [0, 0.05) is 17.3 Å². The van der Waals surface area contributed by atoms with E-state index in [1.54, 1.807) is 0 Å². The molecule has 1 saturated carbocycles. The standard InChI is InChI=1S/C15H21NO/c1-4-15(2,3)13-7-5-6-11(14(13)17)10-16-12-8-9-12/h5-7,10,12,17H,4,8-9H2,1-3H3. The summed E-state index contributed by atoms with van der Waals surface area (Å²) in [6, 6.07) is 6.43. The molecular formula is C15H21NO. The molecule has 92 valence electrons. The van der Waals surface area contributed by atoms with Crippen molar-refractivity contribution in [3.8, 4) is 5.75 Å². The number of phenols is 1. The van der Waals surface area contributed by atoms with Crippen molar-refractivity contribution >= 4 is 6.21 Å². The number of nitrogens with zero attached hydrogens (tertiary/aromatic N) is 1. The molecule has 0 aliphatic heterocycles. The van der Waals surface area contributed by atoms with Crippen LogP contribution < -0.4 is 0 Å². The van der Waals surface area contributed by atoms with Gasteiger partial charge in [0.25, 0.3) is 0 Å². The summed E-state index contributed by atoms with van der Waals surface area (Å²) in [6.07, 6.45) is 5.21. The zero-order valence-corrected chi connectivity index (χ0v) is 10.9. The third kappa shape index (κ3) is 2.68. The second kappa shape index (κ2) is 4.52. The largest absolute Gasteiger partial charge is 0.507 e. The van der Waals surface area contributed by atoms with Crippen LogP contribution in [0.25, 0.3) is 0 Å². The summed E-state index contributed by atoms with van der Waals surface area (Å²) in [6.45, 7) is 6.46. The Morgan fingerprint density at radius 1 is 1.41 bits per heavy atom. The predicted octanol–water partition coefficient (Wildman–Crippen LogP) is 3.66. The molecule has 2 rings (SSSR count). The van der Waals surface area contributed by atoms with Crippen molar-refractivity contribution in [3.63, 3.8) is 0 Å². The number of hydrogen-bond acceptors (Lipinski definition) is 2. The first-order valence-electron chi connectivity index (χ1n) is 6.40. The van der Waals surface area contributed by atoms with E-state index in [0.29, 0.717) is 11.8 Å². The average Bonchev–Trinajstić information content (AvgIpc) is 3.11. The van der Waals surface area contributed by atoms with Gasteiger partial charge in [-0.15, -0.1) is 0 Å². The van der Waals surface area contributed by atoms with E-state index in [1.165, 1.54) is 12.8 Å². The number of hydrogen-bond donors (Lipinski definition) is 1. The lowest BCUT2D eigenvalue weighted by molar-refractivity contribution is 0.428. The van der Waals surface area contributed by atoms with Gasteiger partial charge >= 0.3 is 0 Å². The molecule has 0 aromatic heterocycles.